The zero-order chi connectivity index (χ0) is 10.6. The molecule has 0 radical (unpaired) electrons. The van der Waals surface area contributed by atoms with Crippen LogP contribution in [0.4, 0.5) is 0 Å². The second kappa shape index (κ2) is 4.65. The molecular weight excluding hydrogens is 180 g/mol. The van der Waals surface area contributed by atoms with E-state index in [2.05, 4.69) is 4.74 Å². The van der Waals surface area contributed by atoms with E-state index in [1.807, 2.05) is 6.92 Å². The smallest absolute Gasteiger partial charge is 0.338 e. The maximum Gasteiger partial charge on any atom is 0.338 e. The lowest BCUT2D eigenvalue weighted by atomic mass is 10.0. The molecule has 0 fully saturated rings. The molecule has 0 unspecified atom stereocenters. The summed E-state index contributed by atoms with van der Waals surface area (Å²) in [6.07, 6.45) is 1.55. The third kappa shape index (κ3) is 2.05. The molecule has 1 N–H and O–H groups in total. The lowest BCUT2D eigenvalue weighted by molar-refractivity contribution is 0.0599. The van der Waals surface area contributed by atoms with Crippen LogP contribution in [0.2, 0.25) is 0 Å². The molecular formula is C11H14O3. The number of ether oxygens (including phenoxy) is 1. The predicted octanol–water partition coefficient (Wildman–Crippen LogP) is 2.13. The molecule has 0 aromatic heterocycles. The highest BCUT2D eigenvalue weighted by molar-refractivity contribution is 5.91. The highest BCUT2D eigenvalue weighted by atomic mass is 16.5. The Kier molecular flexibility index (Phi) is 3.51. The highest BCUT2D eigenvalue weighted by Gasteiger charge is 2.13. The molecule has 0 aliphatic carbocycles. The molecule has 0 aliphatic heterocycles. The summed E-state index contributed by atoms with van der Waals surface area (Å²) in [5.41, 5.74) is 1.12. The Morgan fingerprint density at radius 2 is 2.21 bits per heavy atom. The van der Waals surface area contributed by atoms with Gasteiger partial charge < -0.3 is 9.84 Å². The first-order valence-corrected chi connectivity index (χ1v) is 4.59. The fourth-order valence-electron chi connectivity index (χ4n) is 1.39. The number of rotatable bonds is 3. The van der Waals surface area contributed by atoms with Gasteiger partial charge >= 0.3 is 5.97 Å². The van der Waals surface area contributed by atoms with Crippen LogP contribution in [0.15, 0.2) is 18.2 Å². The third-order valence-electron chi connectivity index (χ3n) is 2.06. The van der Waals surface area contributed by atoms with Gasteiger partial charge in [0.05, 0.1) is 12.7 Å². The van der Waals surface area contributed by atoms with Crippen molar-refractivity contribution >= 4 is 5.97 Å². The fourth-order valence-corrected chi connectivity index (χ4v) is 1.39. The van der Waals surface area contributed by atoms with Gasteiger partial charge in [-0.25, -0.2) is 4.79 Å². The maximum atomic E-state index is 11.3. The summed E-state index contributed by atoms with van der Waals surface area (Å²) < 4.78 is 4.63. The molecule has 0 bridgehead atoms. The summed E-state index contributed by atoms with van der Waals surface area (Å²) in [4.78, 5) is 11.3. The first-order valence-electron chi connectivity index (χ1n) is 4.59. The van der Waals surface area contributed by atoms with E-state index in [1.165, 1.54) is 7.11 Å². The molecule has 0 atom stereocenters. The number of methoxy groups -OCH3 is 1. The van der Waals surface area contributed by atoms with E-state index in [9.17, 15) is 9.90 Å². The van der Waals surface area contributed by atoms with Gasteiger partial charge in [-0.3, -0.25) is 0 Å². The van der Waals surface area contributed by atoms with Crippen LogP contribution < -0.4 is 0 Å². The van der Waals surface area contributed by atoms with Crippen molar-refractivity contribution in [3.05, 3.63) is 29.3 Å². The van der Waals surface area contributed by atoms with Gasteiger partial charge in [-0.15, -0.1) is 0 Å². The van der Waals surface area contributed by atoms with E-state index in [0.29, 0.717) is 17.5 Å². The fraction of sp³-hybridized carbons (Fsp3) is 0.364. The van der Waals surface area contributed by atoms with Crippen molar-refractivity contribution in [1.82, 2.24) is 0 Å². The second-order valence-electron chi connectivity index (χ2n) is 3.04. The summed E-state index contributed by atoms with van der Waals surface area (Å²) in [7, 11) is 1.34. The van der Waals surface area contributed by atoms with Crippen molar-refractivity contribution in [2.75, 3.05) is 7.11 Å². The Bertz CT molecular complexity index is 331. The number of hydrogen-bond donors (Lipinski definition) is 1. The molecule has 0 spiro atoms. The molecule has 1 rings (SSSR count). The molecule has 0 heterocycles. The van der Waals surface area contributed by atoms with E-state index in [-0.39, 0.29) is 5.75 Å². The lowest BCUT2D eigenvalue weighted by Gasteiger charge is -2.08. The van der Waals surface area contributed by atoms with E-state index in [1.54, 1.807) is 18.2 Å². The Labute approximate surface area is 83.3 Å². The number of benzene rings is 1. The summed E-state index contributed by atoms with van der Waals surface area (Å²) in [6, 6.07) is 4.88. The van der Waals surface area contributed by atoms with Gasteiger partial charge in [0.25, 0.3) is 0 Å². The molecule has 1 aromatic rings. The van der Waals surface area contributed by atoms with Crippen molar-refractivity contribution in [3.8, 4) is 5.75 Å². The minimum Gasteiger partial charge on any atom is -0.508 e. The number of carbonyl (C=O) groups excluding carboxylic acids is 1. The highest BCUT2D eigenvalue weighted by Crippen LogP contribution is 2.23. The summed E-state index contributed by atoms with van der Waals surface area (Å²) in [6.45, 7) is 1.99. The minimum atomic E-state index is -0.399. The normalized spacial score (nSPS) is 9.86. The van der Waals surface area contributed by atoms with E-state index < -0.39 is 5.97 Å². The lowest BCUT2D eigenvalue weighted by Crippen LogP contribution is -2.05. The van der Waals surface area contributed by atoms with Gasteiger partial charge in [0.15, 0.2) is 0 Å². The Morgan fingerprint density at radius 1 is 1.50 bits per heavy atom. The molecule has 1 aromatic carbocycles. The first kappa shape index (κ1) is 10.6. The summed E-state index contributed by atoms with van der Waals surface area (Å²) in [5, 5.41) is 9.56. The Balaban J connectivity index is 3.13. The topological polar surface area (TPSA) is 46.5 Å². The van der Waals surface area contributed by atoms with Crippen LogP contribution in [-0.4, -0.2) is 18.2 Å². The number of phenols is 1. The van der Waals surface area contributed by atoms with Crippen molar-refractivity contribution in [2.45, 2.75) is 19.8 Å². The minimum absolute atomic E-state index is 0.162. The zero-order valence-electron chi connectivity index (χ0n) is 8.41. The number of esters is 1. The van der Waals surface area contributed by atoms with Crippen LogP contribution in [0.1, 0.15) is 29.3 Å². The zero-order valence-corrected chi connectivity index (χ0v) is 8.41. The van der Waals surface area contributed by atoms with Gasteiger partial charge in [0.1, 0.15) is 5.75 Å². The largest absolute Gasteiger partial charge is 0.508 e. The first-order chi connectivity index (χ1) is 6.70. The van der Waals surface area contributed by atoms with Gasteiger partial charge in [-0.2, -0.15) is 0 Å². The van der Waals surface area contributed by atoms with Crippen molar-refractivity contribution in [2.24, 2.45) is 0 Å². The van der Waals surface area contributed by atoms with Gasteiger partial charge in [0, 0.05) is 5.56 Å². The second-order valence-corrected chi connectivity index (χ2v) is 3.04. The Hall–Kier alpha value is -1.51. The monoisotopic (exact) mass is 194 g/mol. The van der Waals surface area contributed by atoms with Crippen molar-refractivity contribution in [3.63, 3.8) is 0 Å². The molecule has 0 saturated heterocycles. The predicted molar refractivity (Wildman–Crippen MR) is 53.4 cm³/mol. The summed E-state index contributed by atoms with van der Waals surface area (Å²) >= 11 is 0. The molecule has 3 heteroatoms. The van der Waals surface area contributed by atoms with Crippen LogP contribution in [0.5, 0.6) is 5.75 Å². The molecule has 0 saturated carbocycles. The quantitative estimate of drug-likeness (QED) is 0.750. The molecule has 14 heavy (non-hydrogen) atoms. The van der Waals surface area contributed by atoms with Crippen LogP contribution >= 0.6 is 0 Å². The van der Waals surface area contributed by atoms with E-state index in [4.69, 9.17) is 0 Å². The van der Waals surface area contributed by atoms with Gasteiger partial charge in [-0.05, 0) is 18.6 Å². The van der Waals surface area contributed by atoms with Crippen molar-refractivity contribution in [1.29, 1.82) is 0 Å². The number of hydrogen-bond acceptors (Lipinski definition) is 3. The van der Waals surface area contributed by atoms with Gasteiger partial charge in [0.2, 0.25) is 0 Å². The molecule has 0 amide bonds. The molecule has 76 valence electrons. The number of phenolic OH excluding ortho intramolecular Hbond substituents is 1. The van der Waals surface area contributed by atoms with Crippen LogP contribution in [0.25, 0.3) is 0 Å². The van der Waals surface area contributed by atoms with Crippen LogP contribution in [0.3, 0.4) is 0 Å². The van der Waals surface area contributed by atoms with E-state index >= 15 is 0 Å². The Morgan fingerprint density at radius 3 is 2.79 bits per heavy atom. The number of aromatic hydroxyl groups is 1. The number of carbonyl (C=O) groups is 1. The SMILES string of the molecule is CCCc1c(O)cccc1C(=O)OC. The van der Waals surface area contributed by atoms with E-state index in [0.717, 1.165) is 6.42 Å². The van der Waals surface area contributed by atoms with Crippen LogP contribution in [-0.2, 0) is 11.2 Å². The maximum absolute atomic E-state index is 11.3. The standard InChI is InChI=1S/C11H14O3/c1-3-5-8-9(11(13)14-2)6-4-7-10(8)12/h4,6-7,12H,3,5H2,1-2H3. The third-order valence-corrected chi connectivity index (χ3v) is 2.06. The average molecular weight is 194 g/mol. The average Bonchev–Trinajstić information content (AvgIpc) is 2.20. The molecule has 3 nitrogen and oxygen atoms in total. The molecule has 0 aliphatic rings. The summed E-state index contributed by atoms with van der Waals surface area (Å²) in [5.74, 6) is -0.237. The van der Waals surface area contributed by atoms with Crippen molar-refractivity contribution < 1.29 is 14.6 Å². The van der Waals surface area contributed by atoms with Crippen LogP contribution in [0, 0.1) is 0 Å². The van der Waals surface area contributed by atoms with Gasteiger partial charge in [-0.1, -0.05) is 19.4 Å².